The normalized spacial score (nSPS) is 12.8. The molecule has 0 aliphatic heterocycles. The number of hydrogen-bond acceptors (Lipinski definition) is 4. The first kappa shape index (κ1) is 19.0. The highest BCUT2D eigenvalue weighted by Crippen LogP contribution is 2.25. The summed E-state index contributed by atoms with van der Waals surface area (Å²) in [5.41, 5.74) is 3.37. The van der Waals surface area contributed by atoms with Crippen molar-refractivity contribution in [1.82, 2.24) is 10.3 Å². The summed E-state index contributed by atoms with van der Waals surface area (Å²) in [6.45, 7) is 4.60. The van der Waals surface area contributed by atoms with Crippen LogP contribution in [-0.4, -0.2) is 27.3 Å². The van der Waals surface area contributed by atoms with E-state index in [0.29, 0.717) is 17.7 Å². The summed E-state index contributed by atoms with van der Waals surface area (Å²) < 4.78 is 0. The van der Waals surface area contributed by atoms with Gasteiger partial charge in [-0.2, -0.15) is 5.26 Å². The number of nitrogens with zero attached hydrogens (tertiary/aromatic N) is 1. The first-order chi connectivity index (χ1) is 12.9. The number of nitriles is 1. The third-order valence-corrected chi connectivity index (χ3v) is 4.84. The molecule has 1 aromatic heterocycles. The van der Waals surface area contributed by atoms with E-state index in [1.165, 1.54) is 17.0 Å². The standard InChI is InChI=1S/C22H25N3O2/c1-22(2,12-17-13-24-19-6-4-3-5-18(17)19)25-14-21(27)15-7-8-20(26)16(11-15)9-10-23/h3-8,11,13,21,24-27H,9,12,14H2,1-2H3. The molecule has 27 heavy (non-hydrogen) atoms. The van der Waals surface area contributed by atoms with E-state index in [2.05, 4.69) is 36.3 Å². The molecule has 5 nitrogen and oxygen atoms in total. The number of H-pyrrole nitrogens is 1. The van der Waals surface area contributed by atoms with Crippen LogP contribution in [0.4, 0.5) is 0 Å². The Bertz CT molecular complexity index is 969. The van der Waals surface area contributed by atoms with E-state index in [9.17, 15) is 10.2 Å². The summed E-state index contributed by atoms with van der Waals surface area (Å²) in [5.74, 6) is 0.0834. The Morgan fingerprint density at radius 2 is 1.96 bits per heavy atom. The number of benzene rings is 2. The van der Waals surface area contributed by atoms with Gasteiger partial charge in [0.15, 0.2) is 0 Å². The highest BCUT2D eigenvalue weighted by molar-refractivity contribution is 5.83. The van der Waals surface area contributed by atoms with Crippen molar-refractivity contribution in [3.63, 3.8) is 0 Å². The molecule has 140 valence electrons. The second kappa shape index (κ2) is 7.83. The van der Waals surface area contributed by atoms with Gasteiger partial charge in [0.25, 0.3) is 0 Å². The van der Waals surface area contributed by atoms with Crippen molar-refractivity contribution in [3.05, 3.63) is 65.4 Å². The maximum Gasteiger partial charge on any atom is 0.119 e. The maximum atomic E-state index is 10.5. The number of phenolic OH excluding ortho intramolecular Hbond substituents is 1. The van der Waals surface area contributed by atoms with Gasteiger partial charge in [0.05, 0.1) is 18.6 Å². The van der Waals surface area contributed by atoms with Gasteiger partial charge in [-0.1, -0.05) is 24.3 Å². The number of hydrogen-bond donors (Lipinski definition) is 4. The van der Waals surface area contributed by atoms with Crippen molar-refractivity contribution < 1.29 is 10.2 Å². The lowest BCUT2D eigenvalue weighted by Gasteiger charge is -2.28. The fraction of sp³-hybridized carbons (Fsp3) is 0.318. The number of aromatic nitrogens is 1. The van der Waals surface area contributed by atoms with Gasteiger partial charge in [0.1, 0.15) is 5.75 Å². The minimum absolute atomic E-state index is 0.0834. The zero-order chi connectivity index (χ0) is 19.4. The van der Waals surface area contributed by atoms with E-state index in [1.54, 1.807) is 12.1 Å². The number of phenols is 1. The van der Waals surface area contributed by atoms with Crippen LogP contribution in [0.1, 0.15) is 36.6 Å². The number of fused-ring (bicyclic) bond motifs is 1. The molecule has 4 N–H and O–H groups in total. The minimum Gasteiger partial charge on any atom is -0.508 e. The molecule has 0 spiro atoms. The van der Waals surface area contributed by atoms with Crippen LogP contribution in [0.15, 0.2) is 48.7 Å². The first-order valence-electron chi connectivity index (χ1n) is 9.06. The second-order valence-electron chi connectivity index (χ2n) is 7.54. The summed E-state index contributed by atoms with van der Waals surface area (Å²) in [5, 5.41) is 33.8. The van der Waals surface area contributed by atoms with E-state index in [4.69, 9.17) is 5.26 Å². The molecule has 1 unspecified atom stereocenters. The lowest BCUT2D eigenvalue weighted by molar-refractivity contribution is 0.160. The maximum absolute atomic E-state index is 10.5. The zero-order valence-electron chi connectivity index (χ0n) is 15.7. The average molecular weight is 363 g/mol. The van der Waals surface area contributed by atoms with Crippen LogP contribution in [0.2, 0.25) is 0 Å². The van der Waals surface area contributed by atoms with Crippen molar-refractivity contribution in [1.29, 1.82) is 5.26 Å². The number of β-amino-alcohol motifs (C(OH)–C–C–N with tert-alkyl or cyclic N) is 1. The van der Waals surface area contributed by atoms with E-state index in [-0.39, 0.29) is 17.7 Å². The van der Waals surface area contributed by atoms with Gasteiger partial charge in [-0.05, 0) is 49.6 Å². The Kier molecular flexibility index (Phi) is 5.50. The van der Waals surface area contributed by atoms with Gasteiger partial charge in [-0.15, -0.1) is 0 Å². The van der Waals surface area contributed by atoms with E-state index in [0.717, 1.165) is 11.9 Å². The second-order valence-corrected chi connectivity index (χ2v) is 7.54. The van der Waals surface area contributed by atoms with Gasteiger partial charge in [0, 0.05) is 34.7 Å². The number of rotatable bonds is 7. The van der Waals surface area contributed by atoms with Crippen LogP contribution in [0, 0.1) is 11.3 Å². The Hall–Kier alpha value is -2.81. The molecule has 0 aliphatic rings. The number of aromatic hydroxyl groups is 1. The summed E-state index contributed by atoms with van der Waals surface area (Å²) in [6, 6.07) is 15.2. The number of aliphatic hydroxyl groups is 1. The molecule has 1 heterocycles. The lowest BCUT2D eigenvalue weighted by Crippen LogP contribution is -2.43. The number of para-hydroxylation sites is 1. The molecular weight excluding hydrogens is 338 g/mol. The summed E-state index contributed by atoms with van der Waals surface area (Å²) in [4.78, 5) is 3.30. The summed E-state index contributed by atoms with van der Waals surface area (Å²) in [6.07, 6.45) is 2.26. The van der Waals surface area contributed by atoms with Crippen LogP contribution in [0.3, 0.4) is 0 Å². The molecule has 5 heteroatoms. The molecule has 1 atom stereocenters. The van der Waals surface area contributed by atoms with E-state index < -0.39 is 6.10 Å². The number of nitrogens with one attached hydrogen (secondary N) is 2. The van der Waals surface area contributed by atoms with Crippen molar-refractivity contribution >= 4 is 10.9 Å². The molecule has 2 aromatic carbocycles. The highest BCUT2D eigenvalue weighted by Gasteiger charge is 2.21. The van der Waals surface area contributed by atoms with Gasteiger partial charge >= 0.3 is 0 Å². The number of aliphatic hydroxyl groups excluding tert-OH is 1. The molecular formula is C22H25N3O2. The quantitative estimate of drug-likeness (QED) is 0.516. The lowest BCUT2D eigenvalue weighted by atomic mass is 9.94. The Morgan fingerprint density at radius 3 is 2.74 bits per heavy atom. The Labute approximate surface area is 159 Å². The molecule has 0 saturated carbocycles. The predicted molar refractivity (Wildman–Crippen MR) is 106 cm³/mol. The van der Waals surface area contributed by atoms with Crippen LogP contribution in [0.5, 0.6) is 5.75 Å². The Balaban J connectivity index is 1.66. The smallest absolute Gasteiger partial charge is 0.119 e. The largest absolute Gasteiger partial charge is 0.508 e. The molecule has 0 aliphatic carbocycles. The molecule has 0 radical (unpaired) electrons. The Morgan fingerprint density at radius 1 is 1.19 bits per heavy atom. The fourth-order valence-electron chi connectivity index (χ4n) is 3.35. The highest BCUT2D eigenvalue weighted by atomic mass is 16.3. The van der Waals surface area contributed by atoms with Crippen molar-refractivity contribution in [2.24, 2.45) is 0 Å². The van der Waals surface area contributed by atoms with E-state index in [1.807, 2.05) is 24.4 Å². The first-order valence-corrected chi connectivity index (χ1v) is 9.06. The van der Waals surface area contributed by atoms with Crippen LogP contribution < -0.4 is 5.32 Å². The molecule has 0 amide bonds. The van der Waals surface area contributed by atoms with Crippen LogP contribution in [0.25, 0.3) is 10.9 Å². The third kappa shape index (κ3) is 4.48. The predicted octanol–water partition coefficient (Wildman–Crippen LogP) is 3.58. The van der Waals surface area contributed by atoms with Gasteiger partial charge in [0.2, 0.25) is 0 Å². The molecule has 0 bridgehead atoms. The van der Waals surface area contributed by atoms with Crippen molar-refractivity contribution in [2.75, 3.05) is 6.54 Å². The summed E-state index contributed by atoms with van der Waals surface area (Å²) >= 11 is 0. The number of aromatic amines is 1. The molecule has 0 saturated heterocycles. The minimum atomic E-state index is -0.717. The summed E-state index contributed by atoms with van der Waals surface area (Å²) in [7, 11) is 0. The van der Waals surface area contributed by atoms with E-state index >= 15 is 0 Å². The van der Waals surface area contributed by atoms with Gasteiger partial charge in [-0.25, -0.2) is 0 Å². The third-order valence-electron chi connectivity index (χ3n) is 4.84. The van der Waals surface area contributed by atoms with Gasteiger partial charge in [-0.3, -0.25) is 0 Å². The fourth-order valence-corrected chi connectivity index (χ4v) is 3.35. The SMILES string of the molecule is CC(C)(Cc1c[nH]c2ccccc12)NCC(O)c1ccc(O)c(CC#N)c1. The van der Waals surface area contributed by atoms with Crippen molar-refractivity contribution in [3.8, 4) is 11.8 Å². The van der Waals surface area contributed by atoms with Crippen molar-refractivity contribution in [2.45, 2.75) is 38.3 Å². The molecule has 3 rings (SSSR count). The van der Waals surface area contributed by atoms with Crippen LogP contribution in [-0.2, 0) is 12.8 Å². The van der Waals surface area contributed by atoms with Crippen LogP contribution >= 0.6 is 0 Å². The zero-order valence-corrected chi connectivity index (χ0v) is 15.7. The molecule has 0 fully saturated rings. The van der Waals surface area contributed by atoms with Gasteiger partial charge < -0.3 is 20.5 Å². The topological polar surface area (TPSA) is 92.1 Å². The monoisotopic (exact) mass is 363 g/mol. The molecule has 3 aromatic rings. The average Bonchev–Trinajstić information content (AvgIpc) is 3.04.